The number of nitrogens with one attached hydrogen (secondary N) is 1. The van der Waals surface area contributed by atoms with E-state index in [-0.39, 0.29) is 11.7 Å². The van der Waals surface area contributed by atoms with Gasteiger partial charge in [-0.25, -0.2) is 4.39 Å². The van der Waals surface area contributed by atoms with Crippen molar-refractivity contribution in [3.8, 4) is 0 Å². The van der Waals surface area contributed by atoms with Crippen LogP contribution in [0, 0.1) is 5.82 Å². The van der Waals surface area contributed by atoms with Gasteiger partial charge in [-0.1, -0.05) is 24.3 Å². The lowest BCUT2D eigenvalue weighted by Crippen LogP contribution is -2.40. The number of fused-ring (bicyclic) bond motifs is 1. The molecule has 0 spiro atoms. The average molecular weight is 289 g/mol. The SMILES string of the molecule is CCOC(C)(C)CNC(=O)c1ccc(F)c2ccccc12. The van der Waals surface area contributed by atoms with Crippen LogP contribution in [0.1, 0.15) is 31.1 Å². The molecule has 0 aliphatic rings. The molecule has 0 unspecified atom stereocenters. The van der Waals surface area contributed by atoms with Gasteiger partial charge in [0.05, 0.1) is 5.60 Å². The van der Waals surface area contributed by atoms with Crippen LogP contribution in [0.2, 0.25) is 0 Å². The fourth-order valence-corrected chi connectivity index (χ4v) is 2.29. The Bertz CT molecular complexity index is 652. The van der Waals surface area contributed by atoms with Gasteiger partial charge >= 0.3 is 0 Å². The lowest BCUT2D eigenvalue weighted by Gasteiger charge is -2.25. The number of carbonyl (C=O) groups is 1. The van der Waals surface area contributed by atoms with Crippen molar-refractivity contribution in [2.24, 2.45) is 0 Å². The molecule has 0 bridgehead atoms. The Hall–Kier alpha value is -1.94. The lowest BCUT2D eigenvalue weighted by molar-refractivity contribution is -0.00814. The second kappa shape index (κ2) is 6.22. The molecule has 0 saturated carbocycles. The molecule has 0 atom stereocenters. The van der Waals surface area contributed by atoms with Crippen molar-refractivity contribution in [2.45, 2.75) is 26.4 Å². The van der Waals surface area contributed by atoms with Crippen molar-refractivity contribution in [1.82, 2.24) is 5.32 Å². The van der Waals surface area contributed by atoms with Crippen LogP contribution in [0.5, 0.6) is 0 Å². The van der Waals surface area contributed by atoms with Gasteiger partial charge in [0, 0.05) is 24.1 Å². The van der Waals surface area contributed by atoms with Gasteiger partial charge in [0.1, 0.15) is 5.82 Å². The van der Waals surface area contributed by atoms with E-state index in [2.05, 4.69) is 5.32 Å². The van der Waals surface area contributed by atoms with Gasteiger partial charge in [-0.3, -0.25) is 4.79 Å². The Morgan fingerprint density at radius 1 is 1.19 bits per heavy atom. The largest absolute Gasteiger partial charge is 0.374 e. The lowest BCUT2D eigenvalue weighted by atomic mass is 10.0. The number of halogens is 1. The molecule has 4 heteroatoms. The van der Waals surface area contributed by atoms with Gasteiger partial charge in [0.2, 0.25) is 0 Å². The van der Waals surface area contributed by atoms with E-state index in [1.54, 1.807) is 24.3 Å². The zero-order chi connectivity index (χ0) is 15.5. The Labute approximate surface area is 124 Å². The molecule has 1 amide bonds. The zero-order valence-corrected chi connectivity index (χ0v) is 12.6. The van der Waals surface area contributed by atoms with Gasteiger partial charge in [-0.15, -0.1) is 0 Å². The zero-order valence-electron chi connectivity index (χ0n) is 12.6. The van der Waals surface area contributed by atoms with Crippen LogP contribution in [0.3, 0.4) is 0 Å². The predicted molar refractivity (Wildman–Crippen MR) is 81.9 cm³/mol. The molecule has 0 heterocycles. The number of amides is 1. The second-order valence-corrected chi connectivity index (χ2v) is 5.52. The molecule has 0 fully saturated rings. The van der Waals surface area contributed by atoms with Crippen LogP contribution in [-0.2, 0) is 4.74 Å². The van der Waals surface area contributed by atoms with Crippen LogP contribution in [0.25, 0.3) is 10.8 Å². The number of rotatable bonds is 5. The molecule has 0 aliphatic heterocycles. The van der Waals surface area contributed by atoms with Crippen molar-refractivity contribution in [3.05, 3.63) is 47.8 Å². The standard InChI is InChI=1S/C17H20FNO2/c1-4-21-17(2,3)11-19-16(20)14-9-10-15(18)13-8-6-5-7-12(13)14/h5-10H,4,11H2,1-3H3,(H,19,20). The van der Waals surface area contributed by atoms with Crippen molar-refractivity contribution >= 4 is 16.7 Å². The summed E-state index contributed by atoms with van der Waals surface area (Å²) in [6.45, 7) is 6.73. The summed E-state index contributed by atoms with van der Waals surface area (Å²) in [5.74, 6) is -0.546. The highest BCUT2D eigenvalue weighted by Crippen LogP contribution is 2.22. The van der Waals surface area contributed by atoms with Gasteiger partial charge < -0.3 is 10.1 Å². The van der Waals surface area contributed by atoms with E-state index in [0.29, 0.717) is 29.5 Å². The summed E-state index contributed by atoms with van der Waals surface area (Å²) in [6.07, 6.45) is 0. The van der Waals surface area contributed by atoms with E-state index >= 15 is 0 Å². The maximum absolute atomic E-state index is 13.8. The van der Waals surface area contributed by atoms with Crippen molar-refractivity contribution in [3.63, 3.8) is 0 Å². The van der Waals surface area contributed by atoms with Crippen molar-refractivity contribution in [2.75, 3.05) is 13.2 Å². The van der Waals surface area contributed by atoms with Gasteiger partial charge in [-0.05, 0) is 38.3 Å². The van der Waals surface area contributed by atoms with Crippen molar-refractivity contribution < 1.29 is 13.9 Å². The first-order valence-electron chi connectivity index (χ1n) is 7.04. The number of benzene rings is 2. The van der Waals surface area contributed by atoms with E-state index in [4.69, 9.17) is 4.74 Å². The normalized spacial score (nSPS) is 11.6. The first kappa shape index (κ1) is 15.4. The Balaban J connectivity index is 2.23. The fraction of sp³-hybridized carbons (Fsp3) is 0.353. The van der Waals surface area contributed by atoms with Crippen LogP contribution in [0.4, 0.5) is 4.39 Å². The molecule has 0 saturated heterocycles. The summed E-state index contributed by atoms with van der Waals surface area (Å²) in [4.78, 5) is 12.3. The number of ether oxygens (including phenoxy) is 1. The van der Waals surface area contributed by atoms with Crippen LogP contribution in [-0.4, -0.2) is 24.7 Å². The molecule has 21 heavy (non-hydrogen) atoms. The number of hydrogen-bond acceptors (Lipinski definition) is 2. The molecule has 3 nitrogen and oxygen atoms in total. The minimum Gasteiger partial charge on any atom is -0.374 e. The molecule has 0 aromatic heterocycles. The van der Waals surface area contributed by atoms with Crippen LogP contribution >= 0.6 is 0 Å². The highest BCUT2D eigenvalue weighted by Gasteiger charge is 2.20. The minimum atomic E-state index is -0.430. The van der Waals surface area contributed by atoms with E-state index < -0.39 is 5.60 Å². The molecule has 2 aromatic rings. The molecule has 2 rings (SSSR count). The van der Waals surface area contributed by atoms with Crippen LogP contribution in [0.15, 0.2) is 36.4 Å². The average Bonchev–Trinajstić information content (AvgIpc) is 2.46. The summed E-state index contributed by atoms with van der Waals surface area (Å²) in [5, 5.41) is 3.92. The monoisotopic (exact) mass is 289 g/mol. The molecule has 112 valence electrons. The smallest absolute Gasteiger partial charge is 0.252 e. The number of hydrogen-bond donors (Lipinski definition) is 1. The highest BCUT2D eigenvalue weighted by atomic mass is 19.1. The maximum atomic E-state index is 13.8. The maximum Gasteiger partial charge on any atom is 0.252 e. The summed E-state index contributed by atoms with van der Waals surface area (Å²) in [6, 6.07) is 9.81. The summed E-state index contributed by atoms with van der Waals surface area (Å²) >= 11 is 0. The first-order valence-corrected chi connectivity index (χ1v) is 7.04. The summed E-state index contributed by atoms with van der Waals surface area (Å²) in [7, 11) is 0. The molecule has 2 aromatic carbocycles. The summed E-state index contributed by atoms with van der Waals surface area (Å²) < 4.78 is 19.3. The molecular weight excluding hydrogens is 269 g/mol. The topological polar surface area (TPSA) is 38.3 Å². The van der Waals surface area contributed by atoms with Gasteiger partial charge in [-0.2, -0.15) is 0 Å². The quantitative estimate of drug-likeness (QED) is 0.914. The third-order valence-corrected chi connectivity index (χ3v) is 3.33. The Morgan fingerprint density at radius 2 is 1.86 bits per heavy atom. The Kier molecular flexibility index (Phi) is 4.58. The second-order valence-electron chi connectivity index (χ2n) is 5.52. The third kappa shape index (κ3) is 3.58. The summed E-state index contributed by atoms with van der Waals surface area (Å²) in [5.41, 5.74) is 0.0413. The third-order valence-electron chi connectivity index (χ3n) is 3.33. The molecular formula is C17H20FNO2. The number of carbonyl (C=O) groups excluding carboxylic acids is 1. The molecule has 1 N–H and O–H groups in total. The Morgan fingerprint density at radius 3 is 2.52 bits per heavy atom. The van der Waals surface area contributed by atoms with E-state index in [0.717, 1.165) is 0 Å². The van der Waals surface area contributed by atoms with Crippen LogP contribution < -0.4 is 5.32 Å². The molecule has 0 radical (unpaired) electrons. The first-order chi connectivity index (χ1) is 9.94. The fourth-order valence-electron chi connectivity index (χ4n) is 2.29. The predicted octanol–water partition coefficient (Wildman–Crippen LogP) is 3.52. The molecule has 0 aliphatic carbocycles. The van der Waals surface area contributed by atoms with Gasteiger partial charge in [0.25, 0.3) is 5.91 Å². The van der Waals surface area contributed by atoms with E-state index in [9.17, 15) is 9.18 Å². The van der Waals surface area contributed by atoms with E-state index in [1.165, 1.54) is 12.1 Å². The van der Waals surface area contributed by atoms with E-state index in [1.807, 2.05) is 20.8 Å². The highest BCUT2D eigenvalue weighted by molar-refractivity contribution is 6.07. The minimum absolute atomic E-state index is 0.223. The van der Waals surface area contributed by atoms with Gasteiger partial charge in [0.15, 0.2) is 0 Å². The van der Waals surface area contributed by atoms with Crippen molar-refractivity contribution in [1.29, 1.82) is 0 Å².